The maximum absolute atomic E-state index is 13.7. The Balaban J connectivity index is 2.15. The van der Waals surface area contributed by atoms with Gasteiger partial charge in [0.15, 0.2) is 5.78 Å². The zero-order chi connectivity index (χ0) is 15.4. The lowest BCUT2D eigenvalue weighted by molar-refractivity contribution is 0.0891. The summed E-state index contributed by atoms with van der Waals surface area (Å²) in [6.07, 6.45) is 0. The number of ketones is 1. The summed E-state index contributed by atoms with van der Waals surface area (Å²) >= 11 is 1.60. The SMILES string of the molecule is CC(C)N(CC(=O)c1c(F)cccc1F)Cc1cccs1. The van der Waals surface area contributed by atoms with Crippen molar-refractivity contribution in [2.75, 3.05) is 6.54 Å². The third-order valence-electron chi connectivity index (χ3n) is 3.26. The number of benzene rings is 1. The molecule has 1 aromatic carbocycles. The van der Waals surface area contributed by atoms with E-state index in [1.165, 1.54) is 6.07 Å². The molecule has 1 heterocycles. The van der Waals surface area contributed by atoms with Crippen molar-refractivity contribution in [2.24, 2.45) is 0 Å². The smallest absolute Gasteiger partial charge is 0.182 e. The minimum Gasteiger partial charge on any atom is -0.292 e. The van der Waals surface area contributed by atoms with Crippen molar-refractivity contribution in [3.8, 4) is 0 Å². The van der Waals surface area contributed by atoms with E-state index in [1.54, 1.807) is 11.3 Å². The van der Waals surface area contributed by atoms with Crippen molar-refractivity contribution in [1.29, 1.82) is 0 Å². The topological polar surface area (TPSA) is 20.3 Å². The van der Waals surface area contributed by atoms with Gasteiger partial charge in [-0.15, -0.1) is 11.3 Å². The molecule has 0 aliphatic heterocycles. The third kappa shape index (κ3) is 3.95. The Morgan fingerprint density at radius 2 is 1.86 bits per heavy atom. The number of nitrogens with zero attached hydrogens (tertiary/aromatic N) is 1. The van der Waals surface area contributed by atoms with Gasteiger partial charge in [-0.1, -0.05) is 12.1 Å². The molecule has 0 saturated carbocycles. The number of halogens is 2. The lowest BCUT2D eigenvalue weighted by Gasteiger charge is -2.25. The zero-order valence-electron chi connectivity index (χ0n) is 12.0. The fraction of sp³-hybridized carbons (Fsp3) is 0.312. The van der Waals surface area contributed by atoms with E-state index in [1.807, 2.05) is 36.3 Å². The largest absolute Gasteiger partial charge is 0.292 e. The number of hydrogen-bond donors (Lipinski definition) is 0. The molecule has 5 heteroatoms. The molecular formula is C16H17F2NOS. The van der Waals surface area contributed by atoms with Crippen LogP contribution in [0.1, 0.15) is 29.1 Å². The normalized spacial score (nSPS) is 11.3. The van der Waals surface area contributed by atoms with Crippen LogP contribution in [0.4, 0.5) is 8.78 Å². The summed E-state index contributed by atoms with van der Waals surface area (Å²) < 4.78 is 27.3. The first-order valence-corrected chi connectivity index (χ1v) is 7.60. The lowest BCUT2D eigenvalue weighted by Crippen LogP contribution is -2.35. The highest BCUT2D eigenvalue weighted by atomic mass is 32.1. The molecule has 0 atom stereocenters. The molecule has 2 rings (SSSR count). The van der Waals surface area contributed by atoms with E-state index in [4.69, 9.17) is 0 Å². The number of hydrogen-bond acceptors (Lipinski definition) is 3. The molecule has 2 nitrogen and oxygen atoms in total. The van der Waals surface area contributed by atoms with E-state index in [2.05, 4.69) is 0 Å². The highest BCUT2D eigenvalue weighted by Gasteiger charge is 2.21. The van der Waals surface area contributed by atoms with Crippen molar-refractivity contribution >= 4 is 17.1 Å². The average molecular weight is 309 g/mol. The second kappa shape index (κ2) is 6.91. The van der Waals surface area contributed by atoms with Gasteiger partial charge in [0.1, 0.15) is 11.6 Å². The first kappa shape index (κ1) is 15.8. The minimum absolute atomic E-state index is 0.00653. The molecule has 0 amide bonds. The van der Waals surface area contributed by atoms with Crippen LogP contribution in [0.15, 0.2) is 35.7 Å². The van der Waals surface area contributed by atoms with Gasteiger partial charge in [-0.25, -0.2) is 8.78 Å². The monoisotopic (exact) mass is 309 g/mol. The van der Waals surface area contributed by atoms with Crippen LogP contribution in [0, 0.1) is 11.6 Å². The summed E-state index contributed by atoms with van der Waals surface area (Å²) in [4.78, 5) is 15.2. The summed E-state index contributed by atoms with van der Waals surface area (Å²) in [5, 5.41) is 1.96. The Hall–Kier alpha value is -1.59. The van der Waals surface area contributed by atoms with Crippen molar-refractivity contribution in [2.45, 2.75) is 26.4 Å². The number of carbonyl (C=O) groups is 1. The zero-order valence-corrected chi connectivity index (χ0v) is 12.8. The van der Waals surface area contributed by atoms with Crippen LogP contribution in [0.3, 0.4) is 0 Å². The molecule has 0 aliphatic rings. The quantitative estimate of drug-likeness (QED) is 0.748. The van der Waals surface area contributed by atoms with Crippen LogP contribution >= 0.6 is 11.3 Å². The fourth-order valence-corrected chi connectivity index (χ4v) is 2.78. The number of thiophene rings is 1. The standard InChI is InChI=1S/C16H17F2NOS/c1-11(2)19(9-12-5-4-8-21-12)10-15(20)16-13(17)6-3-7-14(16)18/h3-8,11H,9-10H2,1-2H3. The molecule has 112 valence electrons. The molecule has 0 aliphatic carbocycles. The Morgan fingerprint density at radius 3 is 2.38 bits per heavy atom. The highest BCUT2D eigenvalue weighted by Crippen LogP contribution is 2.17. The molecule has 0 bridgehead atoms. The fourth-order valence-electron chi connectivity index (χ4n) is 2.05. The number of Topliss-reactive ketones (excluding diaryl/α,β-unsaturated/α-hetero) is 1. The maximum atomic E-state index is 13.7. The molecule has 2 aromatic rings. The van der Waals surface area contributed by atoms with Gasteiger partial charge >= 0.3 is 0 Å². The Labute approximate surface area is 127 Å². The molecule has 0 radical (unpaired) electrons. The van der Waals surface area contributed by atoms with Gasteiger partial charge < -0.3 is 0 Å². The molecule has 1 aromatic heterocycles. The van der Waals surface area contributed by atoms with Gasteiger partial charge in [0.05, 0.1) is 12.1 Å². The molecule has 0 spiro atoms. The van der Waals surface area contributed by atoms with Gasteiger partial charge in [0.2, 0.25) is 0 Å². The minimum atomic E-state index is -0.806. The van der Waals surface area contributed by atoms with Gasteiger partial charge in [0, 0.05) is 17.5 Å². The molecule has 0 saturated heterocycles. The van der Waals surface area contributed by atoms with Crippen molar-refractivity contribution in [3.63, 3.8) is 0 Å². The van der Waals surface area contributed by atoms with Gasteiger partial charge in [-0.05, 0) is 37.4 Å². The number of carbonyl (C=O) groups excluding carboxylic acids is 1. The van der Waals surface area contributed by atoms with Crippen molar-refractivity contribution < 1.29 is 13.6 Å². The molecule has 21 heavy (non-hydrogen) atoms. The second-order valence-electron chi connectivity index (χ2n) is 5.10. The Bertz CT molecular complexity index is 590. The summed E-state index contributed by atoms with van der Waals surface area (Å²) in [6.45, 7) is 4.50. The summed E-state index contributed by atoms with van der Waals surface area (Å²) in [5.74, 6) is -2.14. The van der Waals surface area contributed by atoms with Gasteiger partial charge in [-0.2, -0.15) is 0 Å². The van der Waals surface area contributed by atoms with Crippen LogP contribution in [0.25, 0.3) is 0 Å². The first-order valence-electron chi connectivity index (χ1n) is 6.72. The second-order valence-corrected chi connectivity index (χ2v) is 6.13. The summed E-state index contributed by atoms with van der Waals surface area (Å²) in [5.41, 5.74) is -0.450. The predicted octanol–water partition coefficient (Wildman–Crippen LogP) is 4.12. The van der Waals surface area contributed by atoms with Gasteiger partial charge in [-0.3, -0.25) is 9.69 Å². The molecule has 0 N–H and O–H groups in total. The third-order valence-corrected chi connectivity index (χ3v) is 4.12. The van der Waals surface area contributed by atoms with E-state index in [0.29, 0.717) is 6.54 Å². The summed E-state index contributed by atoms with van der Waals surface area (Å²) in [6, 6.07) is 7.49. The maximum Gasteiger partial charge on any atom is 0.182 e. The highest BCUT2D eigenvalue weighted by molar-refractivity contribution is 7.09. The van der Waals surface area contributed by atoms with E-state index in [-0.39, 0.29) is 12.6 Å². The van der Waals surface area contributed by atoms with Crippen LogP contribution in [-0.4, -0.2) is 23.3 Å². The summed E-state index contributed by atoms with van der Waals surface area (Å²) in [7, 11) is 0. The van der Waals surface area contributed by atoms with Crippen molar-refractivity contribution in [1.82, 2.24) is 4.90 Å². The van der Waals surface area contributed by atoms with E-state index in [9.17, 15) is 13.6 Å². The van der Waals surface area contributed by atoms with E-state index in [0.717, 1.165) is 17.0 Å². The number of rotatable bonds is 6. The molecule has 0 unspecified atom stereocenters. The van der Waals surface area contributed by atoms with Crippen LogP contribution in [0.2, 0.25) is 0 Å². The lowest BCUT2D eigenvalue weighted by atomic mass is 10.1. The molecular weight excluding hydrogens is 292 g/mol. The predicted molar refractivity (Wildman–Crippen MR) is 80.6 cm³/mol. The first-order chi connectivity index (χ1) is 9.99. The Morgan fingerprint density at radius 1 is 1.19 bits per heavy atom. The van der Waals surface area contributed by atoms with E-state index >= 15 is 0 Å². The van der Waals surface area contributed by atoms with Crippen LogP contribution in [0.5, 0.6) is 0 Å². The van der Waals surface area contributed by atoms with Crippen LogP contribution in [-0.2, 0) is 6.54 Å². The van der Waals surface area contributed by atoms with Gasteiger partial charge in [0.25, 0.3) is 0 Å². The Kier molecular flexibility index (Phi) is 5.20. The van der Waals surface area contributed by atoms with E-state index < -0.39 is 23.0 Å². The molecule has 0 fully saturated rings. The van der Waals surface area contributed by atoms with Crippen molar-refractivity contribution in [3.05, 3.63) is 57.8 Å². The average Bonchev–Trinajstić information content (AvgIpc) is 2.90. The van der Waals surface area contributed by atoms with Crippen LogP contribution < -0.4 is 0 Å².